The maximum Gasteiger partial charge on any atom is 0.231 e. The number of nitrogens with one attached hydrogen (secondary N) is 1. The van der Waals surface area contributed by atoms with E-state index in [1.54, 1.807) is 23.8 Å². The van der Waals surface area contributed by atoms with Crippen LogP contribution in [0.4, 0.5) is 0 Å². The molecule has 2 heterocycles. The Labute approximate surface area is 193 Å². The molecule has 0 unspecified atom stereocenters. The van der Waals surface area contributed by atoms with Gasteiger partial charge < -0.3 is 19.7 Å². The third-order valence-corrected chi connectivity index (χ3v) is 5.84. The molecule has 2 amide bonds. The Morgan fingerprint density at radius 3 is 2.21 bits per heavy atom. The number of benzene rings is 2. The molecule has 8 heteroatoms. The van der Waals surface area contributed by atoms with Crippen molar-refractivity contribution in [3.63, 3.8) is 0 Å². The third-order valence-electron chi connectivity index (χ3n) is 5.84. The third kappa shape index (κ3) is 5.16. The number of hydrogen-bond donors (Lipinski definition) is 1. The van der Waals surface area contributed by atoms with Gasteiger partial charge in [0.15, 0.2) is 0 Å². The van der Waals surface area contributed by atoms with Crippen LogP contribution in [0.5, 0.6) is 11.5 Å². The molecule has 0 saturated carbocycles. The van der Waals surface area contributed by atoms with E-state index in [1.807, 2.05) is 61.8 Å². The highest BCUT2D eigenvalue weighted by Gasteiger charge is 2.35. The summed E-state index contributed by atoms with van der Waals surface area (Å²) in [6.45, 7) is 1.13. The average molecular weight is 449 g/mol. The predicted molar refractivity (Wildman–Crippen MR) is 123 cm³/mol. The van der Waals surface area contributed by atoms with Crippen molar-refractivity contribution < 1.29 is 19.1 Å². The quantitative estimate of drug-likeness (QED) is 0.600. The molecular weight excluding hydrogens is 420 g/mol. The Kier molecular flexibility index (Phi) is 6.63. The van der Waals surface area contributed by atoms with Crippen molar-refractivity contribution in [3.8, 4) is 11.5 Å². The van der Waals surface area contributed by atoms with Gasteiger partial charge in [0.1, 0.15) is 11.5 Å². The van der Waals surface area contributed by atoms with Gasteiger partial charge in [-0.3, -0.25) is 14.3 Å². The van der Waals surface area contributed by atoms with Crippen LogP contribution >= 0.6 is 0 Å². The molecule has 33 heavy (non-hydrogen) atoms. The molecule has 0 aliphatic carbocycles. The monoisotopic (exact) mass is 448 g/mol. The summed E-state index contributed by atoms with van der Waals surface area (Å²) >= 11 is 0. The van der Waals surface area contributed by atoms with Gasteiger partial charge in [0.25, 0.3) is 0 Å². The van der Waals surface area contributed by atoms with Crippen LogP contribution in [0, 0.1) is 0 Å². The number of carbonyl (C=O) groups is 2. The summed E-state index contributed by atoms with van der Waals surface area (Å²) < 4.78 is 12.1. The topological polar surface area (TPSA) is 85.7 Å². The molecule has 0 spiro atoms. The fourth-order valence-corrected chi connectivity index (χ4v) is 4.03. The van der Waals surface area contributed by atoms with Gasteiger partial charge in [-0.25, -0.2) is 0 Å². The van der Waals surface area contributed by atoms with Gasteiger partial charge in [-0.1, -0.05) is 24.3 Å². The summed E-state index contributed by atoms with van der Waals surface area (Å²) in [4.78, 5) is 27.9. The van der Waals surface area contributed by atoms with E-state index < -0.39 is 5.92 Å². The first-order chi connectivity index (χ1) is 16.0. The number of amides is 2. The van der Waals surface area contributed by atoms with Gasteiger partial charge in [-0.15, -0.1) is 0 Å². The van der Waals surface area contributed by atoms with Crippen molar-refractivity contribution in [1.82, 2.24) is 20.0 Å². The Hall–Kier alpha value is -3.81. The first-order valence-corrected chi connectivity index (χ1v) is 10.8. The first-order valence-electron chi connectivity index (χ1n) is 10.8. The highest BCUT2D eigenvalue weighted by atomic mass is 16.5. The minimum atomic E-state index is -0.520. The lowest BCUT2D eigenvalue weighted by Gasteiger charge is -2.31. The molecule has 1 aliphatic rings. The molecule has 172 valence electrons. The second kappa shape index (κ2) is 9.77. The van der Waals surface area contributed by atoms with E-state index in [0.29, 0.717) is 19.6 Å². The number of aromatic nitrogens is 2. The molecule has 4 rings (SSSR count). The van der Waals surface area contributed by atoms with Crippen LogP contribution in [0.2, 0.25) is 0 Å². The molecule has 0 bridgehead atoms. The zero-order chi connectivity index (χ0) is 23.4. The maximum absolute atomic E-state index is 13.1. The molecule has 0 saturated heterocycles. The van der Waals surface area contributed by atoms with E-state index in [2.05, 4.69) is 10.4 Å². The lowest BCUT2D eigenvalue weighted by atomic mass is 9.95. The van der Waals surface area contributed by atoms with Crippen molar-refractivity contribution >= 4 is 11.8 Å². The normalized spacial score (nSPS) is 15.0. The van der Waals surface area contributed by atoms with Crippen molar-refractivity contribution in [2.75, 3.05) is 20.8 Å². The number of aryl methyl sites for hydroxylation is 1. The Morgan fingerprint density at radius 2 is 1.61 bits per heavy atom. The van der Waals surface area contributed by atoms with Gasteiger partial charge in [-0.2, -0.15) is 5.10 Å². The maximum atomic E-state index is 13.1. The molecule has 3 aromatic rings. The van der Waals surface area contributed by atoms with Crippen molar-refractivity contribution in [1.29, 1.82) is 0 Å². The van der Waals surface area contributed by atoms with Crippen LogP contribution < -0.4 is 14.8 Å². The van der Waals surface area contributed by atoms with Crippen LogP contribution in [-0.2, 0) is 36.1 Å². The Morgan fingerprint density at radius 1 is 1.00 bits per heavy atom. The van der Waals surface area contributed by atoms with Crippen LogP contribution in [0.15, 0.2) is 54.7 Å². The summed E-state index contributed by atoms with van der Waals surface area (Å²) in [6.07, 6.45) is 2.14. The zero-order valence-electron chi connectivity index (χ0n) is 19.1. The number of hydrogen-bond acceptors (Lipinski definition) is 5. The summed E-state index contributed by atoms with van der Waals surface area (Å²) in [5.74, 6) is 0.822. The van der Waals surface area contributed by atoms with Gasteiger partial charge >= 0.3 is 0 Å². The summed E-state index contributed by atoms with van der Waals surface area (Å²) in [5, 5.41) is 7.51. The van der Waals surface area contributed by atoms with E-state index in [-0.39, 0.29) is 18.2 Å². The van der Waals surface area contributed by atoms with Crippen LogP contribution in [0.25, 0.3) is 0 Å². The minimum absolute atomic E-state index is 0.0253. The number of carbonyl (C=O) groups excluding carboxylic acids is 2. The molecular formula is C25H28N4O4. The van der Waals surface area contributed by atoms with Gasteiger partial charge in [0.05, 0.1) is 32.3 Å². The van der Waals surface area contributed by atoms with E-state index in [0.717, 1.165) is 33.9 Å². The van der Waals surface area contributed by atoms with Crippen LogP contribution in [-0.4, -0.2) is 47.3 Å². The minimum Gasteiger partial charge on any atom is -0.497 e. The molecule has 0 fully saturated rings. The van der Waals surface area contributed by atoms with Gasteiger partial charge in [-0.05, 0) is 35.4 Å². The van der Waals surface area contributed by atoms with Crippen molar-refractivity contribution in [2.24, 2.45) is 7.05 Å². The number of methoxy groups -OCH3 is 2. The molecule has 2 aromatic carbocycles. The standard InChI is InChI=1S/C25H28N4O4/c1-28-14-19-15-29(23(30)12-17-4-8-20(32-2)9-5-17)16-22(24(19)27-28)25(31)26-13-18-6-10-21(33-3)11-7-18/h4-11,14,22H,12-13,15-16H2,1-3H3,(H,26,31)/t22-/m0/s1. The van der Waals surface area contributed by atoms with Crippen LogP contribution in [0.1, 0.15) is 28.3 Å². The molecule has 1 aliphatic heterocycles. The van der Waals surface area contributed by atoms with Crippen molar-refractivity contribution in [2.45, 2.75) is 25.4 Å². The number of nitrogens with zero attached hydrogens (tertiary/aromatic N) is 3. The van der Waals surface area contributed by atoms with Crippen molar-refractivity contribution in [3.05, 3.63) is 77.1 Å². The van der Waals surface area contributed by atoms with E-state index in [9.17, 15) is 9.59 Å². The Bertz CT molecular complexity index is 1120. The Balaban J connectivity index is 1.45. The summed E-state index contributed by atoms with van der Waals surface area (Å²) in [5.41, 5.74) is 3.50. The molecule has 1 atom stereocenters. The number of fused-ring (bicyclic) bond motifs is 1. The van der Waals surface area contributed by atoms with E-state index >= 15 is 0 Å². The SMILES string of the molecule is COc1ccc(CNC(=O)[C@H]2CN(C(=O)Cc3ccc(OC)cc3)Cc3cn(C)nc32)cc1. The predicted octanol–water partition coefficient (Wildman–Crippen LogP) is 2.42. The van der Waals surface area contributed by atoms with Gasteiger partial charge in [0, 0.05) is 38.4 Å². The largest absolute Gasteiger partial charge is 0.497 e. The first kappa shape index (κ1) is 22.4. The van der Waals surface area contributed by atoms with E-state index in [4.69, 9.17) is 9.47 Å². The molecule has 0 radical (unpaired) electrons. The number of ether oxygens (including phenoxy) is 2. The van der Waals surface area contributed by atoms with E-state index in [1.165, 1.54) is 0 Å². The molecule has 1 N–H and O–H groups in total. The van der Waals surface area contributed by atoms with Crippen LogP contribution in [0.3, 0.4) is 0 Å². The fourth-order valence-electron chi connectivity index (χ4n) is 4.03. The number of rotatable bonds is 7. The zero-order valence-corrected chi connectivity index (χ0v) is 19.1. The second-order valence-electron chi connectivity index (χ2n) is 8.13. The van der Waals surface area contributed by atoms with Gasteiger partial charge in [0.2, 0.25) is 11.8 Å². The highest BCUT2D eigenvalue weighted by Crippen LogP contribution is 2.28. The summed E-state index contributed by atoms with van der Waals surface area (Å²) in [7, 11) is 5.05. The lowest BCUT2D eigenvalue weighted by Crippen LogP contribution is -2.44. The molecule has 8 nitrogen and oxygen atoms in total. The fraction of sp³-hybridized carbons (Fsp3) is 0.320. The average Bonchev–Trinajstić information content (AvgIpc) is 3.22. The lowest BCUT2D eigenvalue weighted by molar-refractivity contribution is -0.133. The highest BCUT2D eigenvalue weighted by molar-refractivity contribution is 5.86. The summed E-state index contributed by atoms with van der Waals surface area (Å²) in [6, 6.07) is 15.0. The smallest absolute Gasteiger partial charge is 0.231 e. The second-order valence-corrected chi connectivity index (χ2v) is 8.13. The molecule has 1 aromatic heterocycles.